The van der Waals surface area contributed by atoms with E-state index in [1.165, 1.54) is 0 Å². The van der Waals surface area contributed by atoms with Crippen LogP contribution in [-0.2, 0) is 6.54 Å². The molecule has 0 aliphatic carbocycles. The molecular weight excluding hydrogens is 166 g/mol. The number of nitrogens with zero attached hydrogens (tertiary/aromatic N) is 2. The Balaban J connectivity index is 2.96. The molecule has 13 heavy (non-hydrogen) atoms. The third-order valence-corrected chi connectivity index (χ3v) is 1.61. The third-order valence-electron chi connectivity index (χ3n) is 1.61. The van der Waals surface area contributed by atoms with Crippen molar-refractivity contribution < 1.29 is 0 Å². The van der Waals surface area contributed by atoms with Crippen molar-refractivity contribution in [3.05, 3.63) is 22.7 Å². The lowest BCUT2D eigenvalue weighted by atomic mass is 10.5. The molecule has 0 atom stereocenters. The second-order valence-electron chi connectivity index (χ2n) is 2.42. The first kappa shape index (κ1) is 9.33. The molecule has 4 nitrogen and oxygen atoms in total. The van der Waals surface area contributed by atoms with E-state index in [0.717, 1.165) is 0 Å². The summed E-state index contributed by atoms with van der Waals surface area (Å²) in [5, 5.41) is 2.76. The van der Waals surface area contributed by atoms with Crippen molar-refractivity contribution >= 4 is 5.82 Å². The fraction of sp³-hybridized carbons (Fsp3) is 0.333. The maximum atomic E-state index is 11.5. The van der Waals surface area contributed by atoms with Crippen LogP contribution in [0.2, 0.25) is 0 Å². The van der Waals surface area contributed by atoms with E-state index in [0.29, 0.717) is 18.9 Å². The lowest BCUT2D eigenvalue weighted by Gasteiger charge is -2.04. The van der Waals surface area contributed by atoms with Gasteiger partial charge in [0.1, 0.15) is 0 Å². The van der Waals surface area contributed by atoms with Gasteiger partial charge in [-0.05, 0) is 6.92 Å². The molecule has 1 heterocycles. The fourth-order valence-electron chi connectivity index (χ4n) is 0.952. The Morgan fingerprint density at radius 2 is 2.54 bits per heavy atom. The summed E-state index contributed by atoms with van der Waals surface area (Å²) < 4.78 is 1.56. The molecule has 1 aromatic rings. The predicted octanol–water partition coefficient (Wildman–Crippen LogP) is 0.308. The van der Waals surface area contributed by atoms with Gasteiger partial charge in [0.2, 0.25) is 0 Å². The summed E-state index contributed by atoms with van der Waals surface area (Å²) in [7, 11) is 0. The minimum atomic E-state index is -0.139. The molecule has 0 aromatic carbocycles. The quantitative estimate of drug-likeness (QED) is 0.676. The van der Waals surface area contributed by atoms with Crippen molar-refractivity contribution in [2.24, 2.45) is 0 Å². The van der Waals surface area contributed by atoms with Gasteiger partial charge in [-0.2, -0.15) is 0 Å². The van der Waals surface area contributed by atoms with E-state index in [1.807, 2.05) is 6.92 Å². The van der Waals surface area contributed by atoms with E-state index < -0.39 is 0 Å². The average molecular weight is 177 g/mol. The molecule has 0 aliphatic heterocycles. The van der Waals surface area contributed by atoms with E-state index in [4.69, 9.17) is 6.42 Å². The van der Waals surface area contributed by atoms with Crippen LogP contribution in [0.25, 0.3) is 0 Å². The first-order valence-corrected chi connectivity index (χ1v) is 4.02. The summed E-state index contributed by atoms with van der Waals surface area (Å²) in [6, 6.07) is 0. The van der Waals surface area contributed by atoms with Gasteiger partial charge in [-0.15, -0.1) is 6.42 Å². The van der Waals surface area contributed by atoms with E-state index in [9.17, 15) is 4.79 Å². The normalized spacial score (nSPS) is 9.23. The molecule has 0 bridgehead atoms. The summed E-state index contributed by atoms with van der Waals surface area (Å²) in [5.74, 6) is 2.69. The van der Waals surface area contributed by atoms with Crippen molar-refractivity contribution in [1.82, 2.24) is 9.55 Å². The summed E-state index contributed by atoms with van der Waals surface area (Å²) in [6.45, 7) is 2.84. The van der Waals surface area contributed by atoms with Crippen LogP contribution in [0, 0.1) is 12.3 Å². The summed E-state index contributed by atoms with van der Waals surface area (Å²) in [4.78, 5) is 15.4. The minimum absolute atomic E-state index is 0.139. The lowest BCUT2D eigenvalue weighted by Crippen LogP contribution is -2.23. The van der Waals surface area contributed by atoms with Crippen LogP contribution >= 0.6 is 0 Å². The van der Waals surface area contributed by atoms with Crippen molar-refractivity contribution in [2.75, 3.05) is 11.9 Å². The largest absolute Gasteiger partial charge is 0.355 e. The van der Waals surface area contributed by atoms with Crippen LogP contribution in [0.15, 0.2) is 17.2 Å². The Kier molecular flexibility index (Phi) is 3.09. The zero-order chi connectivity index (χ0) is 9.68. The zero-order valence-corrected chi connectivity index (χ0v) is 7.45. The molecule has 0 amide bonds. The first-order valence-electron chi connectivity index (χ1n) is 4.02. The van der Waals surface area contributed by atoms with E-state index in [-0.39, 0.29) is 5.56 Å². The molecule has 0 unspecified atom stereocenters. The Hall–Kier alpha value is -1.76. The molecule has 0 aliphatic rings. The molecule has 68 valence electrons. The molecule has 0 saturated carbocycles. The third kappa shape index (κ3) is 2.09. The molecule has 1 rings (SSSR count). The van der Waals surface area contributed by atoms with Gasteiger partial charge in [-0.25, -0.2) is 4.98 Å². The van der Waals surface area contributed by atoms with Crippen molar-refractivity contribution in [3.63, 3.8) is 0 Å². The molecule has 1 aromatic heterocycles. The smallest absolute Gasteiger partial charge is 0.293 e. The van der Waals surface area contributed by atoms with Crippen LogP contribution in [0.5, 0.6) is 0 Å². The highest BCUT2D eigenvalue weighted by atomic mass is 16.1. The Morgan fingerprint density at radius 1 is 1.77 bits per heavy atom. The average Bonchev–Trinajstić information content (AvgIpc) is 2.16. The highest BCUT2D eigenvalue weighted by molar-refractivity contribution is 5.32. The number of rotatable bonds is 3. The number of aryl methyl sites for hydroxylation is 1. The molecule has 0 saturated heterocycles. The topological polar surface area (TPSA) is 46.9 Å². The number of hydrogen-bond acceptors (Lipinski definition) is 3. The molecule has 0 fully saturated rings. The van der Waals surface area contributed by atoms with Gasteiger partial charge in [-0.3, -0.25) is 4.79 Å². The standard InChI is InChI=1S/C9H11N3O/c1-3-5-10-8-9(13)12(4-2)7-6-11-8/h1,6-7H,4-5H2,2H3,(H,10,11). The second-order valence-corrected chi connectivity index (χ2v) is 2.42. The summed E-state index contributed by atoms with van der Waals surface area (Å²) >= 11 is 0. The fourth-order valence-corrected chi connectivity index (χ4v) is 0.952. The van der Waals surface area contributed by atoms with E-state index >= 15 is 0 Å². The van der Waals surface area contributed by atoms with Gasteiger partial charge >= 0.3 is 0 Å². The Morgan fingerprint density at radius 3 is 3.15 bits per heavy atom. The monoisotopic (exact) mass is 177 g/mol. The maximum Gasteiger partial charge on any atom is 0.293 e. The van der Waals surface area contributed by atoms with Crippen molar-refractivity contribution in [3.8, 4) is 12.3 Å². The van der Waals surface area contributed by atoms with Gasteiger partial charge in [0.05, 0.1) is 6.54 Å². The van der Waals surface area contributed by atoms with Gasteiger partial charge in [0.15, 0.2) is 5.82 Å². The van der Waals surface area contributed by atoms with Gasteiger partial charge in [-0.1, -0.05) is 5.92 Å². The number of nitrogens with one attached hydrogen (secondary N) is 1. The lowest BCUT2D eigenvalue weighted by molar-refractivity contribution is 0.719. The second kappa shape index (κ2) is 4.31. The van der Waals surface area contributed by atoms with Crippen LogP contribution in [0.4, 0.5) is 5.82 Å². The Labute approximate surface area is 76.6 Å². The van der Waals surface area contributed by atoms with Gasteiger partial charge in [0, 0.05) is 18.9 Å². The van der Waals surface area contributed by atoms with Gasteiger partial charge < -0.3 is 9.88 Å². The molecular formula is C9H11N3O. The van der Waals surface area contributed by atoms with Crippen molar-refractivity contribution in [2.45, 2.75) is 13.5 Å². The SMILES string of the molecule is C#CCNc1nccn(CC)c1=O. The number of hydrogen-bond donors (Lipinski definition) is 1. The maximum absolute atomic E-state index is 11.5. The Bertz CT molecular complexity index is 375. The van der Waals surface area contributed by atoms with Crippen molar-refractivity contribution in [1.29, 1.82) is 0 Å². The molecule has 1 N–H and O–H groups in total. The van der Waals surface area contributed by atoms with Crippen LogP contribution in [-0.4, -0.2) is 16.1 Å². The highest BCUT2D eigenvalue weighted by Crippen LogP contribution is 1.91. The van der Waals surface area contributed by atoms with Crippen LogP contribution < -0.4 is 10.9 Å². The van der Waals surface area contributed by atoms with Crippen LogP contribution in [0.1, 0.15) is 6.92 Å². The number of terminal acetylenes is 1. The van der Waals surface area contributed by atoms with E-state index in [2.05, 4.69) is 16.2 Å². The predicted molar refractivity (Wildman–Crippen MR) is 51.5 cm³/mol. The summed E-state index contributed by atoms with van der Waals surface area (Å²) in [6.07, 6.45) is 8.26. The number of anilines is 1. The van der Waals surface area contributed by atoms with Gasteiger partial charge in [0.25, 0.3) is 5.56 Å². The van der Waals surface area contributed by atoms with Crippen LogP contribution in [0.3, 0.4) is 0 Å². The highest BCUT2D eigenvalue weighted by Gasteiger charge is 2.00. The first-order chi connectivity index (χ1) is 6.29. The zero-order valence-electron chi connectivity index (χ0n) is 7.45. The minimum Gasteiger partial charge on any atom is -0.355 e. The number of aromatic nitrogens is 2. The summed E-state index contributed by atoms with van der Waals surface area (Å²) in [5.41, 5.74) is -0.139. The molecule has 4 heteroatoms. The molecule has 0 spiro atoms. The van der Waals surface area contributed by atoms with E-state index in [1.54, 1.807) is 17.0 Å². The molecule has 0 radical (unpaired) electrons.